The molecule has 1 aromatic rings. The maximum absolute atomic E-state index is 5.21. The summed E-state index contributed by atoms with van der Waals surface area (Å²) >= 11 is 5.21. The standard InChI is InChI=1S/C11H15N3S/c1-8(9-4-6-12-7-5-9)13-11(15)14-10-2-3-10/h4-8,10H,2-3H2,1H3,(H2,13,14,15). The summed E-state index contributed by atoms with van der Waals surface area (Å²) in [5.41, 5.74) is 1.20. The average molecular weight is 221 g/mol. The Bertz CT molecular complexity index is 335. The monoisotopic (exact) mass is 221 g/mol. The second kappa shape index (κ2) is 4.57. The molecule has 2 rings (SSSR count). The van der Waals surface area contributed by atoms with Gasteiger partial charge in [-0.2, -0.15) is 0 Å². The molecular formula is C11H15N3S. The molecule has 1 atom stereocenters. The van der Waals surface area contributed by atoms with E-state index in [1.54, 1.807) is 12.4 Å². The van der Waals surface area contributed by atoms with Crippen molar-refractivity contribution < 1.29 is 0 Å². The number of pyridine rings is 1. The summed E-state index contributed by atoms with van der Waals surface area (Å²) in [6.45, 7) is 2.09. The normalized spacial score (nSPS) is 16.9. The summed E-state index contributed by atoms with van der Waals surface area (Å²) in [6, 6.07) is 4.83. The van der Waals surface area contributed by atoms with Crippen LogP contribution in [-0.4, -0.2) is 16.1 Å². The summed E-state index contributed by atoms with van der Waals surface area (Å²) in [7, 11) is 0. The first-order chi connectivity index (χ1) is 7.25. The van der Waals surface area contributed by atoms with Gasteiger partial charge < -0.3 is 10.6 Å². The van der Waals surface area contributed by atoms with Crippen molar-refractivity contribution >= 4 is 17.3 Å². The SMILES string of the molecule is CC(NC(=S)NC1CC1)c1ccncc1. The van der Waals surface area contributed by atoms with E-state index >= 15 is 0 Å². The van der Waals surface area contributed by atoms with Crippen molar-refractivity contribution in [1.29, 1.82) is 0 Å². The molecule has 0 spiro atoms. The molecule has 1 aliphatic carbocycles. The van der Waals surface area contributed by atoms with Crippen LogP contribution in [0.1, 0.15) is 31.4 Å². The van der Waals surface area contributed by atoms with E-state index in [0.717, 1.165) is 5.11 Å². The van der Waals surface area contributed by atoms with Crippen molar-refractivity contribution in [3.05, 3.63) is 30.1 Å². The Hall–Kier alpha value is -1.16. The van der Waals surface area contributed by atoms with Gasteiger partial charge in [0.25, 0.3) is 0 Å². The quantitative estimate of drug-likeness (QED) is 0.763. The molecule has 3 nitrogen and oxygen atoms in total. The molecule has 0 aromatic carbocycles. The van der Waals surface area contributed by atoms with Gasteiger partial charge in [-0.05, 0) is 49.7 Å². The van der Waals surface area contributed by atoms with Gasteiger partial charge in [-0.1, -0.05) is 0 Å². The number of nitrogens with zero attached hydrogens (tertiary/aromatic N) is 1. The van der Waals surface area contributed by atoms with Crippen LogP contribution < -0.4 is 10.6 Å². The van der Waals surface area contributed by atoms with Crippen LogP contribution in [0.2, 0.25) is 0 Å². The molecule has 1 aliphatic rings. The zero-order valence-electron chi connectivity index (χ0n) is 8.73. The van der Waals surface area contributed by atoms with Crippen LogP contribution in [0, 0.1) is 0 Å². The molecule has 0 amide bonds. The number of hydrogen-bond acceptors (Lipinski definition) is 2. The minimum atomic E-state index is 0.228. The van der Waals surface area contributed by atoms with Gasteiger partial charge in [0.05, 0.1) is 6.04 Å². The van der Waals surface area contributed by atoms with E-state index in [0.29, 0.717) is 6.04 Å². The van der Waals surface area contributed by atoms with Crippen LogP contribution in [0.5, 0.6) is 0 Å². The smallest absolute Gasteiger partial charge is 0.166 e. The topological polar surface area (TPSA) is 37.0 Å². The van der Waals surface area contributed by atoms with Crippen molar-refractivity contribution in [1.82, 2.24) is 15.6 Å². The van der Waals surface area contributed by atoms with Gasteiger partial charge >= 0.3 is 0 Å². The van der Waals surface area contributed by atoms with E-state index < -0.39 is 0 Å². The highest BCUT2D eigenvalue weighted by Gasteiger charge is 2.22. The minimum Gasteiger partial charge on any atom is -0.360 e. The van der Waals surface area contributed by atoms with Crippen LogP contribution in [-0.2, 0) is 0 Å². The van der Waals surface area contributed by atoms with Gasteiger partial charge in [0.2, 0.25) is 0 Å². The lowest BCUT2D eigenvalue weighted by atomic mass is 10.1. The maximum atomic E-state index is 5.21. The lowest BCUT2D eigenvalue weighted by Crippen LogP contribution is -2.37. The fourth-order valence-electron chi connectivity index (χ4n) is 1.39. The van der Waals surface area contributed by atoms with Crippen molar-refractivity contribution in [3.8, 4) is 0 Å². The van der Waals surface area contributed by atoms with Crippen molar-refractivity contribution in [2.24, 2.45) is 0 Å². The predicted octanol–water partition coefficient (Wildman–Crippen LogP) is 1.77. The maximum Gasteiger partial charge on any atom is 0.166 e. The molecule has 0 saturated heterocycles. The van der Waals surface area contributed by atoms with Crippen LogP contribution >= 0.6 is 12.2 Å². The fourth-order valence-corrected chi connectivity index (χ4v) is 1.73. The van der Waals surface area contributed by atoms with Crippen molar-refractivity contribution in [2.75, 3.05) is 0 Å². The number of aromatic nitrogens is 1. The first-order valence-corrected chi connectivity index (χ1v) is 5.63. The zero-order valence-corrected chi connectivity index (χ0v) is 9.55. The second-order valence-electron chi connectivity index (χ2n) is 3.89. The van der Waals surface area contributed by atoms with Crippen LogP contribution in [0.15, 0.2) is 24.5 Å². The Kier molecular flexibility index (Phi) is 3.16. The van der Waals surface area contributed by atoms with E-state index in [1.807, 2.05) is 12.1 Å². The molecule has 0 bridgehead atoms. The molecule has 0 radical (unpaired) electrons. The van der Waals surface area contributed by atoms with Crippen molar-refractivity contribution in [3.63, 3.8) is 0 Å². The third kappa shape index (κ3) is 3.16. The second-order valence-corrected chi connectivity index (χ2v) is 4.30. The fraction of sp³-hybridized carbons (Fsp3) is 0.455. The van der Waals surface area contributed by atoms with Crippen LogP contribution in [0.4, 0.5) is 0 Å². The summed E-state index contributed by atoms with van der Waals surface area (Å²) in [6.07, 6.45) is 6.08. The molecule has 2 N–H and O–H groups in total. The van der Waals surface area contributed by atoms with E-state index in [1.165, 1.54) is 18.4 Å². The Labute approximate surface area is 95.3 Å². The molecule has 15 heavy (non-hydrogen) atoms. The van der Waals surface area contributed by atoms with Crippen LogP contribution in [0.25, 0.3) is 0 Å². The highest BCUT2D eigenvalue weighted by molar-refractivity contribution is 7.80. The highest BCUT2D eigenvalue weighted by Crippen LogP contribution is 2.18. The van der Waals surface area contributed by atoms with E-state index in [2.05, 4.69) is 22.5 Å². The number of rotatable bonds is 3. The minimum absolute atomic E-state index is 0.228. The molecular weight excluding hydrogens is 206 g/mol. The Morgan fingerprint density at radius 2 is 2.13 bits per heavy atom. The summed E-state index contributed by atoms with van der Waals surface area (Å²) in [5, 5.41) is 7.27. The van der Waals surface area contributed by atoms with E-state index in [-0.39, 0.29) is 6.04 Å². The van der Waals surface area contributed by atoms with Crippen molar-refractivity contribution in [2.45, 2.75) is 31.8 Å². The van der Waals surface area contributed by atoms with E-state index in [4.69, 9.17) is 12.2 Å². The number of thiocarbonyl (C=S) groups is 1. The molecule has 80 valence electrons. The molecule has 1 aromatic heterocycles. The third-order valence-electron chi connectivity index (χ3n) is 2.47. The Balaban J connectivity index is 1.85. The molecule has 1 fully saturated rings. The van der Waals surface area contributed by atoms with Gasteiger partial charge in [0, 0.05) is 18.4 Å². The van der Waals surface area contributed by atoms with E-state index in [9.17, 15) is 0 Å². The largest absolute Gasteiger partial charge is 0.360 e. The molecule has 0 aliphatic heterocycles. The number of nitrogens with one attached hydrogen (secondary N) is 2. The Morgan fingerprint density at radius 1 is 1.47 bits per heavy atom. The van der Waals surface area contributed by atoms with Gasteiger partial charge in [-0.25, -0.2) is 0 Å². The first-order valence-electron chi connectivity index (χ1n) is 5.22. The highest BCUT2D eigenvalue weighted by atomic mass is 32.1. The molecule has 1 heterocycles. The first kappa shape index (κ1) is 10.4. The van der Waals surface area contributed by atoms with Gasteiger partial charge in [0.15, 0.2) is 5.11 Å². The van der Waals surface area contributed by atoms with Gasteiger partial charge in [-0.15, -0.1) is 0 Å². The Morgan fingerprint density at radius 3 is 2.73 bits per heavy atom. The predicted molar refractivity (Wildman–Crippen MR) is 64.5 cm³/mol. The van der Waals surface area contributed by atoms with Gasteiger partial charge in [0.1, 0.15) is 0 Å². The summed E-state index contributed by atoms with van der Waals surface area (Å²) in [5.74, 6) is 0. The summed E-state index contributed by atoms with van der Waals surface area (Å²) < 4.78 is 0. The molecule has 1 saturated carbocycles. The zero-order chi connectivity index (χ0) is 10.7. The van der Waals surface area contributed by atoms with Crippen LogP contribution in [0.3, 0.4) is 0 Å². The summed E-state index contributed by atoms with van der Waals surface area (Å²) in [4.78, 5) is 3.99. The third-order valence-corrected chi connectivity index (χ3v) is 2.70. The number of hydrogen-bond donors (Lipinski definition) is 2. The molecule has 4 heteroatoms. The average Bonchev–Trinajstić information content (AvgIpc) is 3.03. The lowest BCUT2D eigenvalue weighted by Gasteiger charge is -2.16. The lowest BCUT2D eigenvalue weighted by molar-refractivity contribution is 0.696. The van der Waals surface area contributed by atoms with Gasteiger partial charge in [-0.3, -0.25) is 4.98 Å². The molecule has 1 unspecified atom stereocenters.